The van der Waals surface area contributed by atoms with E-state index < -0.39 is 0 Å². The Bertz CT molecular complexity index is 270. The molecule has 0 aromatic carbocycles. The average molecular weight is 208 g/mol. The highest BCUT2D eigenvalue weighted by Gasteiger charge is 2.47. The maximum Gasteiger partial charge on any atom is 0.302 e. The lowest BCUT2D eigenvalue weighted by Gasteiger charge is -2.23. The van der Waals surface area contributed by atoms with E-state index in [1.54, 1.807) is 12.8 Å². The zero-order chi connectivity index (χ0) is 10.8. The van der Waals surface area contributed by atoms with Crippen molar-refractivity contribution in [2.24, 2.45) is 23.7 Å². The third-order valence-corrected chi connectivity index (χ3v) is 4.21. The summed E-state index contributed by atoms with van der Waals surface area (Å²) >= 11 is 0. The highest BCUT2D eigenvalue weighted by molar-refractivity contribution is 5.65. The number of carbonyl (C=O) groups is 1. The number of allylic oxidation sites excluding steroid dienone is 2. The number of rotatable bonds is 0. The van der Waals surface area contributed by atoms with Crippen LogP contribution in [0.25, 0.3) is 0 Å². The van der Waals surface area contributed by atoms with Gasteiger partial charge in [0, 0.05) is 6.92 Å². The Morgan fingerprint density at radius 2 is 2.00 bits per heavy atom. The van der Waals surface area contributed by atoms with Gasteiger partial charge in [-0.2, -0.15) is 0 Å². The molecule has 2 heteroatoms. The molecule has 3 aliphatic carbocycles. The summed E-state index contributed by atoms with van der Waals surface area (Å²) in [7, 11) is 1.35. The molecule has 2 nitrogen and oxygen atoms in total. The first kappa shape index (κ1) is 10.7. The normalized spacial score (nSPS) is 39.6. The number of hydrogen-bond donors (Lipinski definition) is 0. The van der Waals surface area contributed by atoms with E-state index in [1.807, 2.05) is 0 Å². The Labute approximate surface area is 91.7 Å². The largest absolute Gasteiger partial charge is 0.469 e. The second kappa shape index (κ2) is 4.38. The van der Waals surface area contributed by atoms with Gasteiger partial charge in [0.05, 0.1) is 7.11 Å². The van der Waals surface area contributed by atoms with Crippen molar-refractivity contribution in [1.29, 1.82) is 0 Å². The van der Waals surface area contributed by atoms with Crippen LogP contribution in [0.1, 0.15) is 32.6 Å². The fourth-order valence-corrected chi connectivity index (χ4v) is 3.50. The van der Waals surface area contributed by atoms with Gasteiger partial charge in [-0.05, 0) is 49.4 Å². The second-order valence-corrected chi connectivity index (χ2v) is 4.93. The van der Waals surface area contributed by atoms with Crippen LogP contribution in [0.5, 0.6) is 0 Å². The number of hydrogen-bond acceptors (Lipinski definition) is 2. The number of fused-ring (bicyclic) bond motifs is 5. The second-order valence-electron chi connectivity index (χ2n) is 4.93. The lowest BCUT2D eigenvalue weighted by molar-refractivity contribution is -0.137. The number of esters is 1. The monoisotopic (exact) mass is 208 g/mol. The van der Waals surface area contributed by atoms with Crippen molar-refractivity contribution in [3.8, 4) is 0 Å². The number of carbonyl (C=O) groups excluding carboxylic acids is 1. The van der Waals surface area contributed by atoms with Crippen molar-refractivity contribution in [3.05, 3.63) is 12.2 Å². The van der Waals surface area contributed by atoms with E-state index in [2.05, 4.69) is 16.9 Å². The minimum Gasteiger partial charge on any atom is -0.469 e. The summed E-state index contributed by atoms with van der Waals surface area (Å²) in [5.41, 5.74) is 0. The molecule has 4 unspecified atom stereocenters. The molecule has 0 aliphatic heterocycles. The highest BCUT2D eigenvalue weighted by atomic mass is 16.5. The van der Waals surface area contributed by atoms with Gasteiger partial charge in [-0.3, -0.25) is 4.79 Å². The predicted molar refractivity (Wildman–Crippen MR) is 59.3 cm³/mol. The van der Waals surface area contributed by atoms with Crippen LogP contribution in [-0.2, 0) is 9.53 Å². The molecule has 0 spiro atoms. The Morgan fingerprint density at radius 1 is 1.33 bits per heavy atom. The fourth-order valence-electron chi connectivity index (χ4n) is 3.50. The van der Waals surface area contributed by atoms with Crippen LogP contribution in [0.3, 0.4) is 0 Å². The standard InChI is InChI=1S/C10H14.C3H6O2/c1-2-9-7-4-5-8(6-7)10(9)3-1;1-3(4)5-2/h1-2,7-10H,3-6H2;1-2H3. The maximum atomic E-state index is 9.59. The average Bonchev–Trinajstić information content (AvgIpc) is 2.91. The van der Waals surface area contributed by atoms with Gasteiger partial charge < -0.3 is 4.74 Å². The van der Waals surface area contributed by atoms with Crippen molar-refractivity contribution in [2.75, 3.05) is 7.11 Å². The molecule has 84 valence electrons. The molecular weight excluding hydrogens is 188 g/mol. The molecule has 0 aromatic rings. The Kier molecular flexibility index (Phi) is 3.13. The van der Waals surface area contributed by atoms with Crippen molar-refractivity contribution < 1.29 is 9.53 Å². The van der Waals surface area contributed by atoms with E-state index in [1.165, 1.54) is 26.9 Å². The quantitative estimate of drug-likeness (QED) is 0.452. The molecule has 2 fully saturated rings. The van der Waals surface area contributed by atoms with Crippen LogP contribution in [0, 0.1) is 23.7 Å². The van der Waals surface area contributed by atoms with E-state index in [4.69, 9.17) is 0 Å². The zero-order valence-electron chi connectivity index (χ0n) is 9.61. The van der Waals surface area contributed by atoms with Crippen LogP contribution in [0.4, 0.5) is 0 Å². The minimum atomic E-state index is -0.245. The highest BCUT2D eigenvalue weighted by Crippen LogP contribution is 2.56. The lowest BCUT2D eigenvalue weighted by Crippen LogP contribution is -2.16. The third kappa shape index (κ3) is 2.09. The first-order chi connectivity index (χ1) is 7.22. The molecule has 0 N–H and O–H groups in total. The van der Waals surface area contributed by atoms with Crippen molar-refractivity contribution >= 4 is 5.97 Å². The molecule has 3 rings (SSSR count). The summed E-state index contributed by atoms with van der Waals surface area (Å²) in [6.07, 6.45) is 11.0. The van der Waals surface area contributed by atoms with Crippen LogP contribution < -0.4 is 0 Å². The van der Waals surface area contributed by atoms with Gasteiger partial charge in [-0.15, -0.1) is 0 Å². The molecule has 0 saturated heterocycles. The maximum absolute atomic E-state index is 9.59. The van der Waals surface area contributed by atoms with Gasteiger partial charge in [-0.1, -0.05) is 12.2 Å². The van der Waals surface area contributed by atoms with Gasteiger partial charge in [0.2, 0.25) is 0 Å². The van der Waals surface area contributed by atoms with Crippen molar-refractivity contribution in [1.82, 2.24) is 0 Å². The van der Waals surface area contributed by atoms with Crippen LogP contribution in [0.15, 0.2) is 12.2 Å². The van der Waals surface area contributed by atoms with Gasteiger partial charge >= 0.3 is 5.97 Å². The molecule has 0 heterocycles. The summed E-state index contributed by atoms with van der Waals surface area (Å²) in [5.74, 6) is 4.11. The van der Waals surface area contributed by atoms with Crippen LogP contribution in [-0.4, -0.2) is 13.1 Å². The minimum absolute atomic E-state index is 0.245. The Balaban J connectivity index is 0.000000149. The summed E-state index contributed by atoms with van der Waals surface area (Å²) in [6, 6.07) is 0. The van der Waals surface area contributed by atoms with Crippen molar-refractivity contribution in [2.45, 2.75) is 32.6 Å². The summed E-state index contributed by atoms with van der Waals surface area (Å²) in [5, 5.41) is 0. The molecule has 2 saturated carbocycles. The van der Waals surface area contributed by atoms with Crippen molar-refractivity contribution in [3.63, 3.8) is 0 Å². The van der Waals surface area contributed by atoms with E-state index in [9.17, 15) is 4.79 Å². The predicted octanol–water partition coefficient (Wildman–Crippen LogP) is 2.79. The van der Waals surface area contributed by atoms with E-state index in [-0.39, 0.29) is 5.97 Å². The van der Waals surface area contributed by atoms with E-state index in [0.29, 0.717) is 0 Å². The molecule has 3 aliphatic rings. The van der Waals surface area contributed by atoms with Gasteiger partial charge in [-0.25, -0.2) is 0 Å². The molecule has 15 heavy (non-hydrogen) atoms. The molecule has 0 amide bonds. The Morgan fingerprint density at radius 3 is 2.60 bits per heavy atom. The summed E-state index contributed by atoms with van der Waals surface area (Å²) in [4.78, 5) is 9.59. The van der Waals surface area contributed by atoms with E-state index in [0.717, 1.165) is 23.7 Å². The number of methoxy groups -OCH3 is 1. The third-order valence-electron chi connectivity index (χ3n) is 4.21. The fraction of sp³-hybridized carbons (Fsp3) is 0.769. The van der Waals surface area contributed by atoms with Crippen LogP contribution in [0.2, 0.25) is 0 Å². The van der Waals surface area contributed by atoms with Crippen LogP contribution >= 0.6 is 0 Å². The zero-order valence-corrected chi connectivity index (χ0v) is 9.61. The molecule has 0 aromatic heterocycles. The molecule has 4 atom stereocenters. The van der Waals surface area contributed by atoms with Gasteiger partial charge in [0.1, 0.15) is 0 Å². The Hall–Kier alpha value is -0.790. The summed E-state index contributed by atoms with van der Waals surface area (Å²) in [6.45, 7) is 1.36. The number of ether oxygens (including phenoxy) is 1. The van der Waals surface area contributed by atoms with Gasteiger partial charge in [0.25, 0.3) is 0 Å². The smallest absolute Gasteiger partial charge is 0.302 e. The molecule has 0 radical (unpaired) electrons. The SMILES string of the molecule is C1=CC2C3CCC(C3)C2C1.COC(C)=O. The summed E-state index contributed by atoms with van der Waals surface area (Å²) < 4.78 is 4.11. The topological polar surface area (TPSA) is 26.3 Å². The van der Waals surface area contributed by atoms with Gasteiger partial charge in [0.15, 0.2) is 0 Å². The molecular formula is C13H20O2. The molecule has 2 bridgehead atoms. The van der Waals surface area contributed by atoms with E-state index >= 15 is 0 Å². The first-order valence-electron chi connectivity index (χ1n) is 5.93. The first-order valence-corrected chi connectivity index (χ1v) is 5.93. The lowest BCUT2D eigenvalue weighted by atomic mass is 9.82.